The third kappa shape index (κ3) is 3.49. The summed E-state index contributed by atoms with van der Waals surface area (Å²) in [5.41, 5.74) is 1.55. The predicted molar refractivity (Wildman–Crippen MR) is 82.9 cm³/mol. The number of aryl methyl sites for hydroxylation is 1. The van der Waals surface area contributed by atoms with Gasteiger partial charge >= 0.3 is 0 Å². The number of nitrogens with one attached hydrogen (secondary N) is 1. The predicted octanol–water partition coefficient (Wildman–Crippen LogP) is 2.80. The van der Waals surface area contributed by atoms with E-state index in [2.05, 4.69) is 5.32 Å². The van der Waals surface area contributed by atoms with Crippen LogP contribution in [0.2, 0.25) is 0 Å². The van der Waals surface area contributed by atoms with Crippen molar-refractivity contribution in [2.24, 2.45) is 0 Å². The summed E-state index contributed by atoms with van der Waals surface area (Å²) in [4.78, 5) is 12.3. The zero-order valence-corrected chi connectivity index (χ0v) is 12.7. The van der Waals surface area contributed by atoms with Crippen molar-refractivity contribution >= 4 is 21.4 Å². The first kappa shape index (κ1) is 15.3. The fourth-order valence-corrected chi connectivity index (χ4v) is 3.10. The van der Waals surface area contributed by atoms with E-state index in [1.807, 2.05) is 13.0 Å². The van der Waals surface area contributed by atoms with Crippen LogP contribution in [0.1, 0.15) is 12.5 Å². The number of hydrogen-bond donors (Lipinski definition) is 1. The standard InChI is InChI=1S/C16H17NO3S/c1-12-8-10-15(11-9-12)21(19,20)13(2)16(18)17-14-6-4-3-5-7-14/h3-11,13H,1-2H3,(H,17,18). The first-order valence-electron chi connectivity index (χ1n) is 6.58. The lowest BCUT2D eigenvalue weighted by Gasteiger charge is -2.13. The molecule has 1 amide bonds. The largest absolute Gasteiger partial charge is 0.325 e. The van der Waals surface area contributed by atoms with E-state index in [0.29, 0.717) is 5.69 Å². The van der Waals surface area contributed by atoms with Gasteiger partial charge in [-0.2, -0.15) is 0 Å². The molecular formula is C16H17NO3S. The third-order valence-corrected chi connectivity index (χ3v) is 5.30. The van der Waals surface area contributed by atoms with Crippen LogP contribution in [0.4, 0.5) is 5.69 Å². The SMILES string of the molecule is Cc1ccc(S(=O)(=O)C(C)C(=O)Nc2ccccc2)cc1. The molecule has 0 heterocycles. The minimum atomic E-state index is -3.69. The highest BCUT2D eigenvalue weighted by molar-refractivity contribution is 7.92. The van der Waals surface area contributed by atoms with Crippen molar-refractivity contribution in [3.63, 3.8) is 0 Å². The molecule has 5 heteroatoms. The number of rotatable bonds is 4. The van der Waals surface area contributed by atoms with Crippen LogP contribution in [0.25, 0.3) is 0 Å². The second-order valence-electron chi connectivity index (χ2n) is 4.86. The fraction of sp³-hybridized carbons (Fsp3) is 0.188. The maximum atomic E-state index is 12.4. The number of benzene rings is 2. The molecule has 0 aromatic heterocycles. The van der Waals surface area contributed by atoms with Crippen LogP contribution in [0.5, 0.6) is 0 Å². The topological polar surface area (TPSA) is 63.2 Å². The van der Waals surface area contributed by atoms with Gasteiger partial charge in [0.1, 0.15) is 5.25 Å². The zero-order valence-electron chi connectivity index (χ0n) is 11.9. The first-order chi connectivity index (χ1) is 9.91. The smallest absolute Gasteiger partial charge is 0.242 e. The van der Waals surface area contributed by atoms with E-state index in [1.54, 1.807) is 36.4 Å². The number of sulfone groups is 1. The molecule has 0 saturated carbocycles. The van der Waals surface area contributed by atoms with Gasteiger partial charge in [0.25, 0.3) is 0 Å². The first-order valence-corrected chi connectivity index (χ1v) is 8.12. The van der Waals surface area contributed by atoms with E-state index in [1.165, 1.54) is 19.1 Å². The summed E-state index contributed by atoms with van der Waals surface area (Å²) in [5, 5.41) is 1.46. The van der Waals surface area contributed by atoms with Crippen molar-refractivity contribution in [3.05, 3.63) is 60.2 Å². The lowest BCUT2D eigenvalue weighted by Crippen LogP contribution is -2.32. The Morgan fingerprint density at radius 3 is 2.14 bits per heavy atom. The maximum absolute atomic E-state index is 12.4. The molecule has 0 bridgehead atoms. The monoisotopic (exact) mass is 303 g/mol. The lowest BCUT2D eigenvalue weighted by atomic mass is 10.2. The van der Waals surface area contributed by atoms with Gasteiger partial charge in [-0.3, -0.25) is 4.79 Å². The van der Waals surface area contributed by atoms with Crippen LogP contribution in [0, 0.1) is 6.92 Å². The van der Waals surface area contributed by atoms with Gasteiger partial charge in [-0.05, 0) is 38.1 Å². The van der Waals surface area contributed by atoms with Crippen LogP contribution in [0.3, 0.4) is 0 Å². The van der Waals surface area contributed by atoms with Gasteiger partial charge in [0.2, 0.25) is 5.91 Å². The summed E-state index contributed by atoms with van der Waals surface area (Å²) in [6, 6.07) is 15.3. The summed E-state index contributed by atoms with van der Waals surface area (Å²) in [6.45, 7) is 3.27. The van der Waals surface area contributed by atoms with Crippen LogP contribution in [-0.4, -0.2) is 19.6 Å². The third-order valence-electron chi connectivity index (χ3n) is 3.23. The molecular weight excluding hydrogens is 286 g/mol. The summed E-state index contributed by atoms with van der Waals surface area (Å²) in [5.74, 6) is -0.540. The van der Waals surface area contributed by atoms with E-state index in [0.717, 1.165) is 5.56 Å². The molecule has 0 spiro atoms. The van der Waals surface area contributed by atoms with E-state index in [4.69, 9.17) is 0 Å². The van der Waals surface area contributed by atoms with Gasteiger partial charge in [0.15, 0.2) is 9.84 Å². The molecule has 110 valence electrons. The number of carbonyl (C=O) groups excluding carboxylic acids is 1. The molecule has 2 aromatic rings. The van der Waals surface area contributed by atoms with Crippen LogP contribution >= 0.6 is 0 Å². The molecule has 1 atom stereocenters. The number of hydrogen-bond acceptors (Lipinski definition) is 3. The van der Waals surface area contributed by atoms with Crippen molar-refractivity contribution in [2.75, 3.05) is 5.32 Å². The van der Waals surface area contributed by atoms with Gasteiger partial charge in [-0.25, -0.2) is 8.42 Å². The Morgan fingerprint density at radius 1 is 1.00 bits per heavy atom. The fourth-order valence-electron chi connectivity index (χ4n) is 1.84. The Morgan fingerprint density at radius 2 is 1.57 bits per heavy atom. The van der Waals surface area contributed by atoms with E-state index < -0.39 is 21.0 Å². The Bertz CT molecular complexity index is 722. The highest BCUT2D eigenvalue weighted by Gasteiger charge is 2.29. The van der Waals surface area contributed by atoms with Crippen molar-refractivity contribution < 1.29 is 13.2 Å². The minimum absolute atomic E-state index is 0.156. The van der Waals surface area contributed by atoms with Gasteiger partial charge in [0, 0.05) is 5.69 Å². The van der Waals surface area contributed by atoms with E-state index in [-0.39, 0.29) is 4.90 Å². The molecule has 0 aliphatic rings. The highest BCUT2D eigenvalue weighted by atomic mass is 32.2. The molecule has 2 rings (SSSR count). The molecule has 0 aliphatic heterocycles. The molecule has 1 N–H and O–H groups in total. The number of amides is 1. The quantitative estimate of drug-likeness (QED) is 0.944. The van der Waals surface area contributed by atoms with Crippen LogP contribution in [-0.2, 0) is 14.6 Å². The Hall–Kier alpha value is -2.14. The van der Waals surface area contributed by atoms with Crippen molar-refractivity contribution in [2.45, 2.75) is 24.0 Å². The van der Waals surface area contributed by atoms with Crippen molar-refractivity contribution in [3.8, 4) is 0 Å². The lowest BCUT2D eigenvalue weighted by molar-refractivity contribution is -0.115. The average molecular weight is 303 g/mol. The Balaban J connectivity index is 2.20. The minimum Gasteiger partial charge on any atom is -0.325 e. The number of carbonyl (C=O) groups is 1. The van der Waals surface area contributed by atoms with Crippen molar-refractivity contribution in [1.29, 1.82) is 0 Å². The van der Waals surface area contributed by atoms with Crippen LogP contribution < -0.4 is 5.32 Å². The highest BCUT2D eigenvalue weighted by Crippen LogP contribution is 2.18. The normalized spacial score (nSPS) is 12.7. The second kappa shape index (κ2) is 6.10. The van der Waals surface area contributed by atoms with Crippen LogP contribution in [0.15, 0.2) is 59.5 Å². The molecule has 4 nitrogen and oxygen atoms in total. The van der Waals surface area contributed by atoms with Gasteiger partial charge in [-0.15, -0.1) is 0 Å². The van der Waals surface area contributed by atoms with Gasteiger partial charge in [-0.1, -0.05) is 35.9 Å². The molecule has 2 aromatic carbocycles. The van der Waals surface area contributed by atoms with Crippen molar-refractivity contribution in [1.82, 2.24) is 0 Å². The van der Waals surface area contributed by atoms with Gasteiger partial charge < -0.3 is 5.32 Å². The molecule has 0 saturated heterocycles. The zero-order chi connectivity index (χ0) is 15.5. The van der Waals surface area contributed by atoms with Gasteiger partial charge in [0.05, 0.1) is 4.90 Å². The molecule has 0 radical (unpaired) electrons. The molecule has 1 unspecified atom stereocenters. The summed E-state index contributed by atoms with van der Waals surface area (Å²) >= 11 is 0. The van der Waals surface area contributed by atoms with E-state index in [9.17, 15) is 13.2 Å². The summed E-state index contributed by atoms with van der Waals surface area (Å²) < 4.78 is 24.8. The number of para-hydroxylation sites is 1. The molecule has 0 aliphatic carbocycles. The summed E-state index contributed by atoms with van der Waals surface area (Å²) in [7, 11) is -3.69. The summed E-state index contributed by atoms with van der Waals surface area (Å²) in [6.07, 6.45) is 0. The molecule has 21 heavy (non-hydrogen) atoms. The molecule has 0 fully saturated rings. The second-order valence-corrected chi connectivity index (χ2v) is 7.12. The van der Waals surface area contributed by atoms with E-state index >= 15 is 0 Å². The Labute approximate surface area is 124 Å². The maximum Gasteiger partial charge on any atom is 0.242 e. The average Bonchev–Trinajstić information content (AvgIpc) is 2.48. The number of anilines is 1. The Kier molecular flexibility index (Phi) is 4.43.